The number of imide groups is 1. The highest BCUT2D eigenvalue weighted by Gasteiger charge is 2.39. The summed E-state index contributed by atoms with van der Waals surface area (Å²) in [5.74, 6) is -0.578. The summed E-state index contributed by atoms with van der Waals surface area (Å²) in [6.07, 6.45) is 3.21. The van der Waals surface area contributed by atoms with Gasteiger partial charge in [-0.1, -0.05) is 0 Å². The molecule has 2 fully saturated rings. The monoisotopic (exact) mass is 531 g/mol. The van der Waals surface area contributed by atoms with E-state index in [-0.39, 0.29) is 42.4 Å². The molecule has 0 bridgehead atoms. The number of fused-ring (bicyclic) bond motifs is 2. The molecule has 6 rings (SSSR count). The Morgan fingerprint density at radius 2 is 1.95 bits per heavy atom. The van der Waals surface area contributed by atoms with Crippen LogP contribution in [0.4, 0.5) is 0 Å². The van der Waals surface area contributed by atoms with E-state index in [1.54, 1.807) is 16.6 Å². The largest absolute Gasteiger partial charge is 0.491 e. The smallest absolute Gasteiger partial charge is 0.276 e. The molecule has 0 saturated carbocycles. The molecule has 3 aromatic rings. The molecule has 39 heavy (non-hydrogen) atoms. The molecule has 3 aliphatic rings. The molecule has 1 aromatic carbocycles. The second-order valence-corrected chi connectivity index (χ2v) is 10.4. The molecule has 0 spiro atoms. The van der Waals surface area contributed by atoms with Crippen LogP contribution >= 0.6 is 0 Å². The summed E-state index contributed by atoms with van der Waals surface area (Å²) in [7, 11) is 0. The molecule has 0 aliphatic carbocycles. The van der Waals surface area contributed by atoms with Gasteiger partial charge < -0.3 is 14.5 Å². The summed E-state index contributed by atoms with van der Waals surface area (Å²) in [4.78, 5) is 53.7. The first kappa shape index (κ1) is 25.0. The van der Waals surface area contributed by atoms with Gasteiger partial charge in [0.05, 0.1) is 17.4 Å². The number of amides is 4. The summed E-state index contributed by atoms with van der Waals surface area (Å²) in [5.41, 5.74) is 3.63. The van der Waals surface area contributed by atoms with E-state index in [2.05, 4.69) is 20.6 Å². The number of benzene rings is 1. The fourth-order valence-corrected chi connectivity index (χ4v) is 5.69. The van der Waals surface area contributed by atoms with Gasteiger partial charge in [-0.2, -0.15) is 5.10 Å². The predicted molar refractivity (Wildman–Crippen MR) is 137 cm³/mol. The van der Waals surface area contributed by atoms with E-state index < -0.39 is 11.9 Å². The SMILES string of the molecule is Cc1cc2nnc(C(=O)N3CCCC[C@@H]3COc3ccc4c(c3)CN(C3CCC(=O)NC3=O)C4=O)c(C)n2n1. The van der Waals surface area contributed by atoms with Crippen molar-refractivity contribution in [2.75, 3.05) is 13.2 Å². The van der Waals surface area contributed by atoms with Gasteiger partial charge in [0.1, 0.15) is 18.4 Å². The number of hydrogen-bond donors (Lipinski definition) is 1. The van der Waals surface area contributed by atoms with Crippen molar-refractivity contribution in [1.29, 1.82) is 0 Å². The van der Waals surface area contributed by atoms with Crippen LogP contribution < -0.4 is 10.1 Å². The molecule has 2 aromatic heterocycles. The molecule has 2 atom stereocenters. The Balaban J connectivity index is 1.15. The van der Waals surface area contributed by atoms with Crippen molar-refractivity contribution in [3.63, 3.8) is 0 Å². The van der Waals surface area contributed by atoms with E-state index >= 15 is 0 Å². The number of likely N-dealkylation sites (tertiary alicyclic amines) is 1. The summed E-state index contributed by atoms with van der Waals surface area (Å²) >= 11 is 0. The zero-order chi connectivity index (χ0) is 27.3. The van der Waals surface area contributed by atoms with Crippen molar-refractivity contribution in [2.45, 2.75) is 64.6 Å². The molecular weight excluding hydrogens is 502 g/mol. The van der Waals surface area contributed by atoms with Crippen LogP contribution in [0.2, 0.25) is 0 Å². The first-order valence-electron chi connectivity index (χ1n) is 13.2. The lowest BCUT2D eigenvalue weighted by atomic mass is 10.0. The van der Waals surface area contributed by atoms with Crippen molar-refractivity contribution in [3.05, 3.63) is 52.5 Å². The number of rotatable bonds is 5. The normalized spacial score (nSPS) is 21.3. The topological polar surface area (TPSA) is 139 Å². The molecule has 1 N–H and O–H groups in total. The maximum absolute atomic E-state index is 13.5. The Hall–Kier alpha value is -4.35. The highest BCUT2D eigenvalue weighted by molar-refractivity contribution is 6.05. The number of nitrogens with zero attached hydrogens (tertiary/aromatic N) is 6. The van der Waals surface area contributed by atoms with Crippen molar-refractivity contribution in [2.24, 2.45) is 0 Å². The standard InChI is InChI=1S/C27H29N7O5/c1-15-11-22-29-30-24(16(2)34(22)31-15)27(38)32-10-4-3-5-18(32)14-39-19-6-7-20-17(12-19)13-33(26(20)37)21-8-9-23(35)28-25(21)36/h6-7,11-12,18,21H,3-5,8-10,13-14H2,1-2H3,(H,28,35,36)/t18-,21?/m1/s1. The van der Waals surface area contributed by atoms with Crippen LogP contribution in [0.5, 0.6) is 5.75 Å². The zero-order valence-electron chi connectivity index (χ0n) is 21.8. The molecule has 2 saturated heterocycles. The van der Waals surface area contributed by atoms with Crippen molar-refractivity contribution >= 4 is 29.3 Å². The summed E-state index contributed by atoms with van der Waals surface area (Å²) in [5, 5.41) is 15.2. The van der Waals surface area contributed by atoms with Crippen LogP contribution in [0.1, 0.15) is 69.9 Å². The summed E-state index contributed by atoms with van der Waals surface area (Å²) in [6, 6.07) is 6.28. The molecule has 5 heterocycles. The Bertz CT molecular complexity index is 1520. The van der Waals surface area contributed by atoms with E-state index in [1.165, 1.54) is 4.90 Å². The Morgan fingerprint density at radius 3 is 2.77 bits per heavy atom. The van der Waals surface area contributed by atoms with Gasteiger partial charge in [0.25, 0.3) is 11.8 Å². The number of hydrogen-bond acceptors (Lipinski definition) is 8. The lowest BCUT2D eigenvalue weighted by Crippen LogP contribution is -2.52. The van der Waals surface area contributed by atoms with Gasteiger partial charge in [-0.25, -0.2) is 4.52 Å². The number of carbonyl (C=O) groups is 4. The van der Waals surface area contributed by atoms with Crippen LogP contribution in [0, 0.1) is 13.8 Å². The fourth-order valence-electron chi connectivity index (χ4n) is 5.69. The first-order chi connectivity index (χ1) is 18.8. The van der Waals surface area contributed by atoms with Crippen LogP contribution in [0.15, 0.2) is 24.3 Å². The maximum atomic E-state index is 13.5. The average Bonchev–Trinajstić information content (AvgIpc) is 3.47. The highest BCUT2D eigenvalue weighted by atomic mass is 16.5. The Morgan fingerprint density at radius 1 is 1.10 bits per heavy atom. The lowest BCUT2D eigenvalue weighted by Gasteiger charge is -2.35. The highest BCUT2D eigenvalue weighted by Crippen LogP contribution is 2.31. The molecule has 3 aliphatic heterocycles. The number of carbonyl (C=O) groups excluding carboxylic acids is 4. The van der Waals surface area contributed by atoms with E-state index in [0.29, 0.717) is 42.2 Å². The molecule has 202 valence electrons. The molecule has 4 amide bonds. The Kier molecular flexibility index (Phi) is 6.24. The summed E-state index contributed by atoms with van der Waals surface area (Å²) < 4.78 is 7.79. The van der Waals surface area contributed by atoms with Gasteiger partial charge >= 0.3 is 0 Å². The lowest BCUT2D eigenvalue weighted by molar-refractivity contribution is -0.136. The van der Waals surface area contributed by atoms with Crippen LogP contribution in [0.25, 0.3) is 5.65 Å². The molecule has 12 nitrogen and oxygen atoms in total. The molecular formula is C27H29N7O5. The van der Waals surface area contributed by atoms with Crippen molar-refractivity contribution < 1.29 is 23.9 Å². The van der Waals surface area contributed by atoms with E-state index in [4.69, 9.17) is 4.74 Å². The third kappa shape index (κ3) is 4.49. The molecule has 0 radical (unpaired) electrons. The summed E-state index contributed by atoms with van der Waals surface area (Å²) in [6.45, 7) is 4.86. The molecule has 1 unspecified atom stereocenters. The Labute approximate surface area is 224 Å². The van der Waals surface area contributed by atoms with Crippen LogP contribution in [-0.4, -0.2) is 78.5 Å². The maximum Gasteiger partial charge on any atom is 0.276 e. The number of piperidine rings is 2. The quantitative estimate of drug-likeness (QED) is 0.490. The minimum Gasteiger partial charge on any atom is -0.491 e. The van der Waals surface area contributed by atoms with E-state index in [1.807, 2.05) is 30.9 Å². The third-order valence-electron chi connectivity index (χ3n) is 7.75. The van der Waals surface area contributed by atoms with E-state index in [0.717, 1.165) is 30.5 Å². The second-order valence-electron chi connectivity index (χ2n) is 10.4. The average molecular weight is 532 g/mol. The van der Waals surface area contributed by atoms with E-state index in [9.17, 15) is 19.2 Å². The van der Waals surface area contributed by atoms with Gasteiger partial charge in [0.15, 0.2) is 11.3 Å². The minimum absolute atomic E-state index is 0.141. The second kappa shape index (κ2) is 9.75. The number of ether oxygens (including phenoxy) is 1. The van der Waals surface area contributed by atoms with Gasteiger partial charge in [0.2, 0.25) is 11.8 Å². The van der Waals surface area contributed by atoms with Gasteiger partial charge in [-0.05, 0) is 63.3 Å². The number of aryl methyl sites for hydroxylation is 2. The minimum atomic E-state index is -0.662. The third-order valence-corrected chi connectivity index (χ3v) is 7.75. The zero-order valence-corrected chi connectivity index (χ0v) is 21.8. The number of nitrogens with one attached hydrogen (secondary N) is 1. The van der Waals surface area contributed by atoms with Crippen molar-refractivity contribution in [3.8, 4) is 5.75 Å². The van der Waals surface area contributed by atoms with Crippen molar-refractivity contribution in [1.82, 2.24) is 34.9 Å². The van der Waals surface area contributed by atoms with Gasteiger partial charge in [-0.15, -0.1) is 10.2 Å². The fraction of sp³-hybridized carbons (Fsp3) is 0.444. The predicted octanol–water partition coefficient (Wildman–Crippen LogP) is 1.58. The van der Waals surface area contributed by atoms with Gasteiger partial charge in [0, 0.05) is 31.1 Å². The molecule has 12 heteroatoms. The number of aromatic nitrogens is 4. The first-order valence-corrected chi connectivity index (χ1v) is 13.2. The van der Waals surface area contributed by atoms with Gasteiger partial charge in [-0.3, -0.25) is 24.5 Å². The van der Waals surface area contributed by atoms with Crippen LogP contribution in [0.3, 0.4) is 0 Å². The van der Waals surface area contributed by atoms with Crippen LogP contribution in [-0.2, 0) is 16.1 Å².